The average molecular weight is 367 g/mol. The largest absolute Gasteiger partial charge is 0.348 e. The van der Waals surface area contributed by atoms with E-state index in [1.807, 2.05) is 24.3 Å². The quantitative estimate of drug-likeness (QED) is 0.877. The maximum absolute atomic E-state index is 12.6. The molecular formula is C20H25N5O2. The van der Waals surface area contributed by atoms with Gasteiger partial charge in [-0.15, -0.1) is 10.2 Å². The van der Waals surface area contributed by atoms with E-state index in [-0.39, 0.29) is 24.2 Å². The second-order valence-corrected chi connectivity index (χ2v) is 7.66. The first-order valence-electron chi connectivity index (χ1n) is 9.62. The molecule has 1 fully saturated rings. The molecule has 0 bridgehead atoms. The monoisotopic (exact) mass is 367 g/mol. The van der Waals surface area contributed by atoms with Gasteiger partial charge in [-0.3, -0.25) is 9.59 Å². The number of rotatable bonds is 5. The lowest BCUT2D eigenvalue weighted by atomic mass is 10.0. The summed E-state index contributed by atoms with van der Waals surface area (Å²) in [6.07, 6.45) is 2.27. The first-order chi connectivity index (χ1) is 13.0. The van der Waals surface area contributed by atoms with Gasteiger partial charge >= 0.3 is 0 Å². The minimum absolute atomic E-state index is 0.00387. The number of carbonyl (C=O) groups is 2. The Kier molecular flexibility index (Phi) is 4.68. The molecule has 2 aliphatic rings. The van der Waals surface area contributed by atoms with Crippen molar-refractivity contribution >= 4 is 17.5 Å². The van der Waals surface area contributed by atoms with Crippen molar-refractivity contribution in [2.24, 2.45) is 5.92 Å². The molecule has 2 amide bonds. The van der Waals surface area contributed by atoms with Gasteiger partial charge in [-0.2, -0.15) is 0 Å². The molecule has 0 radical (unpaired) electrons. The van der Waals surface area contributed by atoms with Crippen molar-refractivity contribution in [3.8, 4) is 0 Å². The number of carbonyl (C=O) groups excluding carboxylic acids is 2. The summed E-state index contributed by atoms with van der Waals surface area (Å²) in [5.41, 5.74) is 2.09. The Morgan fingerprint density at radius 2 is 2.04 bits per heavy atom. The highest BCUT2D eigenvalue weighted by molar-refractivity contribution is 6.00. The summed E-state index contributed by atoms with van der Waals surface area (Å²) in [5.74, 6) is 1.80. The molecule has 1 aromatic carbocycles. The molecule has 0 saturated carbocycles. The number of nitrogens with zero attached hydrogens (tertiary/aromatic N) is 4. The van der Waals surface area contributed by atoms with Crippen LogP contribution in [0.1, 0.15) is 49.8 Å². The van der Waals surface area contributed by atoms with Crippen molar-refractivity contribution in [3.05, 3.63) is 41.5 Å². The number of hydrogen-bond acceptors (Lipinski definition) is 4. The minimum atomic E-state index is -0.330. The molecule has 7 heteroatoms. The summed E-state index contributed by atoms with van der Waals surface area (Å²) in [4.78, 5) is 26.7. The van der Waals surface area contributed by atoms with Crippen LogP contribution in [0.3, 0.4) is 0 Å². The van der Waals surface area contributed by atoms with Gasteiger partial charge in [-0.25, -0.2) is 0 Å². The Labute approximate surface area is 158 Å². The predicted molar refractivity (Wildman–Crippen MR) is 101 cm³/mol. The second-order valence-electron chi connectivity index (χ2n) is 7.66. The second kappa shape index (κ2) is 7.13. The maximum atomic E-state index is 12.6. The summed E-state index contributed by atoms with van der Waals surface area (Å²) >= 11 is 0. The van der Waals surface area contributed by atoms with Crippen molar-refractivity contribution in [3.63, 3.8) is 0 Å². The van der Waals surface area contributed by atoms with Gasteiger partial charge in [0.15, 0.2) is 5.82 Å². The highest BCUT2D eigenvalue weighted by atomic mass is 16.2. The number of aromatic nitrogens is 3. The van der Waals surface area contributed by atoms with E-state index in [0.717, 1.165) is 36.7 Å². The van der Waals surface area contributed by atoms with Crippen LogP contribution in [0, 0.1) is 5.92 Å². The van der Waals surface area contributed by atoms with Gasteiger partial charge in [0, 0.05) is 31.6 Å². The van der Waals surface area contributed by atoms with Crippen LogP contribution in [0.15, 0.2) is 24.3 Å². The summed E-state index contributed by atoms with van der Waals surface area (Å²) in [7, 11) is 0. The zero-order valence-corrected chi connectivity index (χ0v) is 15.8. The highest BCUT2D eigenvalue weighted by Crippen LogP contribution is 2.27. The molecule has 1 N–H and O–H groups in total. The lowest BCUT2D eigenvalue weighted by Gasteiger charge is -2.17. The lowest BCUT2D eigenvalue weighted by molar-refractivity contribution is -0.126. The van der Waals surface area contributed by atoms with Gasteiger partial charge in [-0.05, 0) is 30.0 Å². The maximum Gasteiger partial charge on any atom is 0.227 e. The number of amides is 2. The van der Waals surface area contributed by atoms with E-state index in [4.69, 9.17) is 0 Å². The fourth-order valence-corrected chi connectivity index (χ4v) is 3.82. The first-order valence-corrected chi connectivity index (χ1v) is 9.62. The van der Waals surface area contributed by atoms with Crippen LogP contribution in [0.2, 0.25) is 0 Å². The van der Waals surface area contributed by atoms with E-state index < -0.39 is 0 Å². The number of nitrogens with one attached hydrogen (secondary N) is 1. The van der Waals surface area contributed by atoms with Crippen LogP contribution < -0.4 is 10.2 Å². The summed E-state index contributed by atoms with van der Waals surface area (Å²) in [6, 6.07) is 8.03. The smallest absolute Gasteiger partial charge is 0.227 e. The Morgan fingerprint density at radius 1 is 1.26 bits per heavy atom. The molecule has 3 heterocycles. The van der Waals surface area contributed by atoms with Crippen LogP contribution in [0.5, 0.6) is 0 Å². The number of fused-ring (bicyclic) bond motifs is 1. The molecule has 2 aromatic rings. The van der Waals surface area contributed by atoms with E-state index >= 15 is 0 Å². The molecule has 1 unspecified atom stereocenters. The molecule has 1 aromatic heterocycles. The Morgan fingerprint density at radius 3 is 2.78 bits per heavy atom. The van der Waals surface area contributed by atoms with E-state index in [0.29, 0.717) is 19.0 Å². The molecule has 4 rings (SSSR count). The molecule has 27 heavy (non-hydrogen) atoms. The van der Waals surface area contributed by atoms with Gasteiger partial charge in [0.25, 0.3) is 0 Å². The standard InChI is InChI=1S/C20H25N5O2/c1-13(2)14-5-7-16(8-6-14)25-12-15(10-19(25)26)20(27)21-11-18-23-22-17-4-3-9-24(17)18/h5-8,13,15H,3-4,9-12H2,1-2H3,(H,21,27). The van der Waals surface area contributed by atoms with Gasteiger partial charge < -0.3 is 14.8 Å². The Balaban J connectivity index is 1.37. The molecule has 0 aliphatic carbocycles. The Bertz CT molecular complexity index is 856. The molecular weight excluding hydrogens is 342 g/mol. The highest BCUT2D eigenvalue weighted by Gasteiger charge is 2.35. The molecule has 0 spiro atoms. The third-order valence-electron chi connectivity index (χ3n) is 5.47. The summed E-state index contributed by atoms with van der Waals surface area (Å²) < 4.78 is 2.07. The SMILES string of the molecule is CC(C)c1ccc(N2CC(C(=O)NCc3nnc4n3CCC4)CC2=O)cc1. The topological polar surface area (TPSA) is 80.1 Å². The van der Waals surface area contributed by atoms with Gasteiger partial charge in [-0.1, -0.05) is 26.0 Å². The number of benzene rings is 1. The zero-order chi connectivity index (χ0) is 19.0. The lowest BCUT2D eigenvalue weighted by Crippen LogP contribution is -2.33. The fourth-order valence-electron chi connectivity index (χ4n) is 3.82. The van der Waals surface area contributed by atoms with Crippen molar-refractivity contribution < 1.29 is 9.59 Å². The first kappa shape index (κ1) is 17.7. The number of aryl methyl sites for hydroxylation is 1. The normalized spacial score (nSPS) is 19.0. The Hall–Kier alpha value is -2.70. The molecule has 7 nitrogen and oxygen atoms in total. The minimum Gasteiger partial charge on any atom is -0.348 e. The number of anilines is 1. The molecule has 1 atom stereocenters. The zero-order valence-electron chi connectivity index (χ0n) is 15.8. The van der Waals surface area contributed by atoms with Crippen LogP contribution in [-0.2, 0) is 29.1 Å². The van der Waals surface area contributed by atoms with Crippen molar-refractivity contribution in [1.29, 1.82) is 0 Å². The van der Waals surface area contributed by atoms with Crippen molar-refractivity contribution in [2.45, 2.75) is 52.1 Å². The van der Waals surface area contributed by atoms with E-state index in [1.54, 1.807) is 4.90 Å². The van der Waals surface area contributed by atoms with Crippen molar-refractivity contribution in [1.82, 2.24) is 20.1 Å². The average Bonchev–Trinajstić information content (AvgIpc) is 3.36. The van der Waals surface area contributed by atoms with Gasteiger partial charge in [0.2, 0.25) is 11.8 Å². The molecule has 1 saturated heterocycles. The van der Waals surface area contributed by atoms with Crippen LogP contribution in [0.25, 0.3) is 0 Å². The third kappa shape index (κ3) is 3.46. The van der Waals surface area contributed by atoms with Crippen LogP contribution in [0.4, 0.5) is 5.69 Å². The third-order valence-corrected chi connectivity index (χ3v) is 5.47. The molecule has 142 valence electrons. The summed E-state index contributed by atoms with van der Waals surface area (Å²) in [6.45, 7) is 5.97. The number of hydrogen-bond donors (Lipinski definition) is 1. The summed E-state index contributed by atoms with van der Waals surface area (Å²) in [5, 5.41) is 11.2. The van der Waals surface area contributed by atoms with Crippen molar-refractivity contribution in [2.75, 3.05) is 11.4 Å². The van der Waals surface area contributed by atoms with Crippen LogP contribution >= 0.6 is 0 Å². The fraction of sp³-hybridized carbons (Fsp3) is 0.500. The van der Waals surface area contributed by atoms with Gasteiger partial charge in [0.1, 0.15) is 5.82 Å². The van der Waals surface area contributed by atoms with Crippen LogP contribution in [-0.4, -0.2) is 33.1 Å². The molecule has 2 aliphatic heterocycles. The van der Waals surface area contributed by atoms with E-state index in [2.05, 4.69) is 33.9 Å². The van der Waals surface area contributed by atoms with E-state index in [1.165, 1.54) is 5.56 Å². The predicted octanol–water partition coefficient (Wildman–Crippen LogP) is 2.02. The van der Waals surface area contributed by atoms with E-state index in [9.17, 15) is 9.59 Å². The van der Waals surface area contributed by atoms with Gasteiger partial charge in [0.05, 0.1) is 12.5 Å².